The largest absolute Gasteiger partial charge is 0.487 e. The predicted octanol–water partition coefficient (Wildman–Crippen LogP) is 4.14. The van der Waals surface area contributed by atoms with E-state index in [1.54, 1.807) is 6.20 Å². The van der Waals surface area contributed by atoms with Crippen molar-refractivity contribution >= 4 is 38.9 Å². The van der Waals surface area contributed by atoms with Crippen LogP contribution in [-0.4, -0.2) is 4.98 Å². The van der Waals surface area contributed by atoms with E-state index in [9.17, 15) is 0 Å². The monoisotopic (exact) mass is 303 g/mol. The molecule has 15 heavy (non-hydrogen) atoms. The summed E-state index contributed by atoms with van der Waals surface area (Å²) >= 11 is 10.6. The molecule has 0 aliphatic carbocycles. The van der Waals surface area contributed by atoms with Gasteiger partial charge in [0, 0.05) is 6.20 Å². The van der Waals surface area contributed by atoms with E-state index in [4.69, 9.17) is 16.3 Å². The smallest absolute Gasteiger partial charge is 0.183 e. The zero-order chi connectivity index (χ0) is 10.7. The summed E-state index contributed by atoms with van der Waals surface area (Å²) < 4.78 is 7.09. The lowest BCUT2D eigenvalue weighted by molar-refractivity contribution is 0.307. The van der Waals surface area contributed by atoms with E-state index >= 15 is 0 Å². The first-order valence-corrected chi connectivity index (χ1v) is 6.22. The van der Waals surface area contributed by atoms with E-state index < -0.39 is 0 Å². The van der Waals surface area contributed by atoms with Gasteiger partial charge in [0.1, 0.15) is 12.4 Å². The molecule has 0 bridgehead atoms. The molecule has 78 valence electrons. The Balaban J connectivity index is 2.02. The number of halogens is 2. The summed E-state index contributed by atoms with van der Waals surface area (Å²) in [5.41, 5.74) is 0. The van der Waals surface area contributed by atoms with Crippen LogP contribution in [0, 0.1) is 0 Å². The molecule has 0 unspecified atom stereocenters. The third kappa shape index (κ3) is 2.93. The van der Waals surface area contributed by atoms with Crippen LogP contribution < -0.4 is 4.74 Å². The number of rotatable bonds is 3. The number of ether oxygens (including phenoxy) is 1. The zero-order valence-corrected chi connectivity index (χ0v) is 10.8. The van der Waals surface area contributed by atoms with Gasteiger partial charge < -0.3 is 4.74 Å². The first kappa shape index (κ1) is 10.9. The number of aromatic nitrogens is 1. The molecule has 0 amide bonds. The minimum atomic E-state index is 0.493. The van der Waals surface area contributed by atoms with Gasteiger partial charge in [-0.15, -0.1) is 11.3 Å². The standard InChI is InChI=1S/C10H7BrClNOS/c11-8-3-1-2-4-9(8)14-6-7-5-13-10(12)15-7/h1-5H,6H2. The predicted molar refractivity (Wildman–Crippen MR) is 65.6 cm³/mol. The van der Waals surface area contributed by atoms with Crippen molar-refractivity contribution in [3.63, 3.8) is 0 Å². The van der Waals surface area contributed by atoms with Crippen molar-refractivity contribution in [2.24, 2.45) is 0 Å². The summed E-state index contributed by atoms with van der Waals surface area (Å²) in [5, 5.41) is 0. The Morgan fingerprint density at radius 1 is 1.40 bits per heavy atom. The molecule has 1 aromatic heterocycles. The molecule has 0 spiro atoms. The number of thiazole rings is 1. The Hall–Kier alpha value is -0.580. The van der Waals surface area contributed by atoms with Crippen LogP contribution in [0.5, 0.6) is 5.75 Å². The summed E-state index contributed by atoms with van der Waals surface area (Å²) in [6, 6.07) is 7.72. The third-order valence-electron chi connectivity index (χ3n) is 1.73. The van der Waals surface area contributed by atoms with Gasteiger partial charge in [0.25, 0.3) is 0 Å². The first-order valence-electron chi connectivity index (χ1n) is 4.23. The lowest BCUT2D eigenvalue weighted by Crippen LogP contribution is -1.93. The Labute approximate surface area is 105 Å². The summed E-state index contributed by atoms with van der Waals surface area (Å²) in [6.45, 7) is 0.493. The van der Waals surface area contributed by atoms with Crippen LogP contribution in [0.2, 0.25) is 4.47 Å². The molecule has 0 N–H and O–H groups in total. The van der Waals surface area contributed by atoms with Gasteiger partial charge in [-0.2, -0.15) is 0 Å². The maximum Gasteiger partial charge on any atom is 0.183 e. The lowest BCUT2D eigenvalue weighted by Gasteiger charge is -2.05. The second-order valence-corrected chi connectivity index (χ2v) is 5.35. The summed E-state index contributed by atoms with van der Waals surface area (Å²) in [5.74, 6) is 0.821. The molecule has 2 aromatic rings. The Morgan fingerprint density at radius 2 is 2.20 bits per heavy atom. The first-order chi connectivity index (χ1) is 7.25. The number of para-hydroxylation sites is 1. The van der Waals surface area contributed by atoms with Crippen molar-refractivity contribution in [3.8, 4) is 5.75 Å². The van der Waals surface area contributed by atoms with Gasteiger partial charge in [-0.05, 0) is 28.1 Å². The normalized spacial score (nSPS) is 10.3. The molecule has 0 fully saturated rings. The number of hydrogen-bond donors (Lipinski definition) is 0. The van der Waals surface area contributed by atoms with E-state index in [2.05, 4.69) is 20.9 Å². The topological polar surface area (TPSA) is 22.1 Å². The van der Waals surface area contributed by atoms with E-state index in [0.29, 0.717) is 11.1 Å². The number of hydrogen-bond acceptors (Lipinski definition) is 3. The van der Waals surface area contributed by atoms with E-state index in [1.807, 2.05) is 24.3 Å². The van der Waals surface area contributed by atoms with Crippen molar-refractivity contribution in [3.05, 3.63) is 44.3 Å². The molecule has 0 aliphatic rings. The fourth-order valence-corrected chi connectivity index (χ4v) is 2.35. The highest BCUT2D eigenvalue weighted by molar-refractivity contribution is 9.10. The Bertz CT molecular complexity index is 460. The van der Waals surface area contributed by atoms with Crippen LogP contribution in [0.1, 0.15) is 4.88 Å². The molecular formula is C10H7BrClNOS. The van der Waals surface area contributed by atoms with Gasteiger partial charge in [0.05, 0.1) is 9.35 Å². The molecule has 2 rings (SSSR count). The van der Waals surface area contributed by atoms with E-state index in [-0.39, 0.29) is 0 Å². The SMILES string of the molecule is Clc1ncc(COc2ccccc2Br)s1. The van der Waals surface area contributed by atoms with Crippen LogP contribution >= 0.6 is 38.9 Å². The van der Waals surface area contributed by atoms with Crippen molar-refractivity contribution in [1.29, 1.82) is 0 Å². The average Bonchev–Trinajstić information content (AvgIpc) is 2.63. The van der Waals surface area contributed by atoms with Crippen molar-refractivity contribution in [2.45, 2.75) is 6.61 Å². The van der Waals surface area contributed by atoms with E-state index in [1.165, 1.54) is 11.3 Å². The molecule has 1 aromatic carbocycles. The van der Waals surface area contributed by atoms with Crippen LogP contribution in [0.25, 0.3) is 0 Å². The molecule has 0 atom stereocenters. The average molecular weight is 305 g/mol. The van der Waals surface area contributed by atoms with E-state index in [0.717, 1.165) is 15.1 Å². The van der Waals surface area contributed by atoms with Gasteiger partial charge in [0.15, 0.2) is 4.47 Å². The Morgan fingerprint density at radius 3 is 2.87 bits per heavy atom. The molecule has 2 nitrogen and oxygen atoms in total. The summed E-state index contributed by atoms with van der Waals surface area (Å²) in [6.07, 6.45) is 1.73. The van der Waals surface area contributed by atoms with Gasteiger partial charge in [-0.1, -0.05) is 23.7 Å². The highest BCUT2D eigenvalue weighted by Gasteiger charge is 2.02. The molecule has 0 radical (unpaired) electrons. The molecule has 1 heterocycles. The van der Waals surface area contributed by atoms with Gasteiger partial charge in [-0.3, -0.25) is 0 Å². The molecule has 0 saturated carbocycles. The second kappa shape index (κ2) is 4.96. The Kier molecular flexibility index (Phi) is 3.61. The number of nitrogens with zero attached hydrogens (tertiary/aromatic N) is 1. The van der Waals surface area contributed by atoms with Crippen molar-refractivity contribution < 1.29 is 4.74 Å². The lowest BCUT2D eigenvalue weighted by atomic mass is 10.3. The molecule has 0 aliphatic heterocycles. The van der Waals surface area contributed by atoms with Gasteiger partial charge in [-0.25, -0.2) is 4.98 Å². The molecule has 0 saturated heterocycles. The maximum absolute atomic E-state index is 5.72. The van der Waals surface area contributed by atoms with Gasteiger partial charge >= 0.3 is 0 Å². The quantitative estimate of drug-likeness (QED) is 0.850. The zero-order valence-electron chi connectivity index (χ0n) is 7.61. The summed E-state index contributed by atoms with van der Waals surface area (Å²) in [7, 11) is 0. The molecular weight excluding hydrogens is 298 g/mol. The highest BCUT2D eigenvalue weighted by Crippen LogP contribution is 2.26. The minimum Gasteiger partial charge on any atom is -0.487 e. The third-order valence-corrected chi connectivity index (χ3v) is 3.48. The van der Waals surface area contributed by atoms with Crippen LogP contribution in [-0.2, 0) is 6.61 Å². The minimum absolute atomic E-state index is 0.493. The fraction of sp³-hybridized carbons (Fsp3) is 0.100. The molecule has 5 heteroatoms. The number of benzene rings is 1. The second-order valence-electron chi connectivity index (χ2n) is 2.80. The fourth-order valence-electron chi connectivity index (χ4n) is 1.06. The summed E-state index contributed by atoms with van der Waals surface area (Å²) in [4.78, 5) is 4.95. The van der Waals surface area contributed by atoms with Gasteiger partial charge in [0.2, 0.25) is 0 Å². The van der Waals surface area contributed by atoms with Crippen LogP contribution in [0.4, 0.5) is 0 Å². The maximum atomic E-state index is 5.72. The highest BCUT2D eigenvalue weighted by atomic mass is 79.9. The van der Waals surface area contributed by atoms with Crippen LogP contribution in [0.3, 0.4) is 0 Å². The van der Waals surface area contributed by atoms with Crippen molar-refractivity contribution in [1.82, 2.24) is 4.98 Å². The van der Waals surface area contributed by atoms with Crippen LogP contribution in [0.15, 0.2) is 34.9 Å². The van der Waals surface area contributed by atoms with Crippen molar-refractivity contribution in [2.75, 3.05) is 0 Å².